The lowest BCUT2D eigenvalue weighted by molar-refractivity contribution is 0.444. The van der Waals surface area contributed by atoms with Gasteiger partial charge in [0.2, 0.25) is 0 Å². The van der Waals surface area contributed by atoms with Gasteiger partial charge >= 0.3 is 0 Å². The number of hydrogen-bond acceptors (Lipinski definition) is 1. The summed E-state index contributed by atoms with van der Waals surface area (Å²) >= 11 is 0. The van der Waals surface area contributed by atoms with Crippen LogP contribution in [-0.2, 0) is 19.9 Å². The highest BCUT2D eigenvalue weighted by molar-refractivity contribution is 5.93. The Morgan fingerprint density at radius 1 is 1.13 bits per heavy atom. The van der Waals surface area contributed by atoms with Crippen molar-refractivity contribution in [1.82, 2.24) is 14.8 Å². The minimum atomic E-state index is 0.773. The summed E-state index contributed by atoms with van der Waals surface area (Å²) < 4.78 is 2.35. The Kier molecular flexibility index (Phi) is 2.91. The predicted molar refractivity (Wildman–Crippen MR) is 93.7 cm³/mol. The summed E-state index contributed by atoms with van der Waals surface area (Å²) in [4.78, 5) is 0. The fourth-order valence-electron chi connectivity index (χ4n) is 4.77. The van der Waals surface area contributed by atoms with E-state index in [2.05, 4.69) is 40.0 Å². The Bertz CT molecular complexity index is 878. The molecule has 0 atom stereocenters. The molecule has 1 N–H and O–H groups in total. The first-order valence-corrected chi connectivity index (χ1v) is 8.97. The first-order chi connectivity index (χ1) is 11.3. The third-order valence-electron chi connectivity index (χ3n) is 6.00. The molecule has 3 heteroatoms. The molecule has 2 heterocycles. The van der Waals surface area contributed by atoms with Crippen LogP contribution in [0.25, 0.3) is 22.3 Å². The second kappa shape index (κ2) is 4.98. The van der Waals surface area contributed by atoms with Crippen molar-refractivity contribution in [2.45, 2.75) is 50.9 Å². The smallest absolute Gasteiger partial charge is 0.0849 e. The highest BCUT2D eigenvalue weighted by atomic mass is 15.1. The molecule has 1 aromatic carbocycles. The van der Waals surface area contributed by atoms with Crippen LogP contribution in [0.3, 0.4) is 0 Å². The van der Waals surface area contributed by atoms with E-state index >= 15 is 0 Å². The van der Waals surface area contributed by atoms with Gasteiger partial charge in [-0.15, -0.1) is 0 Å². The van der Waals surface area contributed by atoms with E-state index in [1.165, 1.54) is 65.5 Å². The van der Waals surface area contributed by atoms with E-state index in [4.69, 9.17) is 0 Å². The Morgan fingerprint density at radius 2 is 2.00 bits per heavy atom. The second-order valence-electron chi connectivity index (χ2n) is 7.27. The lowest BCUT2D eigenvalue weighted by atomic mass is 9.83. The number of H-pyrrole nitrogens is 1. The van der Waals surface area contributed by atoms with Gasteiger partial charge in [0.05, 0.1) is 17.6 Å². The summed E-state index contributed by atoms with van der Waals surface area (Å²) in [6.45, 7) is 0. The number of fused-ring (bicyclic) bond motifs is 5. The molecule has 0 amide bonds. The van der Waals surface area contributed by atoms with Gasteiger partial charge in [-0.3, -0.25) is 5.10 Å². The van der Waals surface area contributed by atoms with Crippen LogP contribution in [0.15, 0.2) is 24.4 Å². The molecule has 0 aliphatic heterocycles. The normalized spacial score (nSPS) is 18.1. The molecule has 0 bridgehead atoms. The van der Waals surface area contributed by atoms with E-state index in [1.807, 2.05) is 6.20 Å². The van der Waals surface area contributed by atoms with E-state index in [1.54, 1.807) is 5.56 Å². The number of aromatic nitrogens is 3. The predicted octanol–water partition coefficient (Wildman–Crippen LogP) is 4.71. The SMILES string of the molecule is Cn1c2c(c3cc(C4CCCCC4)ccc31)CCc1cn[nH]c1-2. The van der Waals surface area contributed by atoms with Crippen molar-refractivity contribution in [2.75, 3.05) is 0 Å². The number of aryl methyl sites for hydroxylation is 3. The van der Waals surface area contributed by atoms with Crippen molar-refractivity contribution < 1.29 is 0 Å². The largest absolute Gasteiger partial charge is 0.342 e. The molecule has 3 nitrogen and oxygen atoms in total. The van der Waals surface area contributed by atoms with Crippen molar-refractivity contribution in [3.8, 4) is 11.4 Å². The van der Waals surface area contributed by atoms with E-state index < -0.39 is 0 Å². The molecule has 1 fully saturated rings. The summed E-state index contributed by atoms with van der Waals surface area (Å²) in [5.74, 6) is 0.773. The number of benzene rings is 1. The monoisotopic (exact) mass is 305 g/mol. The topological polar surface area (TPSA) is 33.6 Å². The van der Waals surface area contributed by atoms with Crippen molar-refractivity contribution in [3.05, 3.63) is 41.1 Å². The minimum Gasteiger partial charge on any atom is -0.342 e. The highest BCUT2D eigenvalue weighted by Crippen LogP contribution is 2.40. The van der Waals surface area contributed by atoms with Gasteiger partial charge in [-0.2, -0.15) is 5.10 Å². The van der Waals surface area contributed by atoms with Crippen LogP contribution in [0.2, 0.25) is 0 Å². The molecule has 0 radical (unpaired) electrons. The molecular weight excluding hydrogens is 282 g/mol. The summed E-state index contributed by atoms with van der Waals surface area (Å²) in [5, 5.41) is 8.95. The van der Waals surface area contributed by atoms with Crippen molar-refractivity contribution in [1.29, 1.82) is 0 Å². The van der Waals surface area contributed by atoms with Crippen LogP contribution in [-0.4, -0.2) is 14.8 Å². The number of hydrogen-bond donors (Lipinski definition) is 1. The molecular formula is C20H23N3. The molecule has 5 rings (SSSR count). The lowest BCUT2D eigenvalue weighted by Gasteiger charge is -2.22. The molecule has 2 aliphatic carbocycles. The van der Waals surface area contributed by atoms with E-state index in [0.717, 1.165) is 18.8 Å². The van der Waals surface area contributed by atoms with Crippen LogP contribution < -0.4 is 0 Å². The summed E-state index contributed by atoms with van der Waals surface area (Å²) in [6.07, 6.45) is 11.2. The molecule has 0 unspecified atom stereocenters. The molecule has 1 saturated carbocycles. The fraction of sp³-hybridized carbons (Fsp3) is 0.450. The van der Waals surface area contributed by atoms with Gasteiger partial charge in [-0.25, -0.2) is 0 Å². The van der Waals surface area contributed by atoms with Crippen molar-refractivity contribution in [3.63, 3.8) is 0 Å². The Balaban J connectivity index is 1.69. The molecule has 0 spiro atoms. The molecule has 2 aliphatic rings. The molecule has 0 saturated heterocycles. The van der Waals surface area contributed by atoms with E-state index in [0.29, 0.717) is 0 Å². The van der Waals surface area contributed by atoms with Crippen LogP contribution in [0.1, 0.15) is 54.7 Å². The van der Waals surface area contributed by atoms with Gasteiger partial charge in [0.1, 0.15) is 0 Å². The minimum absolute atomic E-state index is 0.773. The van der Waals surface area contributed by atoms with Gasteiger partial charge in [-0.05, 0) is 60.4 Å². The Labute approximate surface area is 136 Å². The quantitative estimate of drug-likeness (QED) is 0.693. The van der Waals surface area contributed by atoms with Crippen molar-refractivity contribution >= 4 is 10.9 Å². The summed E-state index contributed by atoms with van der Waals surface area (Å²) in [5.41, 5.74) is 8.36. The van der Waals surface area contributed by atoms with Gasteiger partial charge in [0.15, 0.2) is 0 Å². The Morgan fingerprint density at radius 3 is 2.87 bits per heavy atom. The summed E-state index contributed by atoms with van der Waals surface area (Å²) in [6, 6.07) is 7.21. The second-order valence-corrected chi connectivity index (χ2v) is 7.27. The van der Waals surface area contributed by atoms with Crippen LogP contribution in [0.4, 0.5) is 0 Å². The molecule has 118 valence electrons. The van der Waals surface area contributed by atoms with Crippen LogP contribution in [0.5, 0.6) is 0 Å². The highest BCUT2D eigenvalue weighted by Gasteiger charge is 2.25. The maximum atomic E-state index is 4.27. The zero-order valence-electron chi connectivity index (χ0n) is 13.7. The summed E-state index contributed by atoms with van der Waals surface area (Å²) in [7, 11) is 2.19. The van der Waals surface area contributed by atoms with Crippen molar-refractivity contribution in [2.24, 2.45) is 7.05 Å². The van der Waals surface area contributed by atoms with Gasteiger partial charge in [-0.1, -0.05) is 25.3 Å². The number of nitrogens with zero attached hydrogens (tertiary/aromatic N) is 2. The van der Waals surface area contributed by atoms with Crippen LogP contribution >= 0.6 is 0 Å². The van der Waals surface area contributed by atoms with Gasteiger partial charge in [0, 0.05) is 18.0 Å². The maximum absolute atomic E-state index is 4.27. The zero-order valence-corrected chi connectivity index (χ0v) is 13.7. The fourth-order valence-corrected chi connectivity index (χ4v) is 4.77. The average molecular weight is 305 g/mol. The standard InChI is InChI=1S/C20H23N3/c1-23-18-10-8-14(13-5-3-2-4-6-13)11-17(18)16-9-7-15-12-21-22-19(15)20(16)23/h8,10-13H,2-7,9H2,1H3,(H,21,22). The molecule has 3 aromatic rings. The zero-order chi connectivity index (χ0) is 15.4. The Hall–Kier alpha value is -2.03. The maximum Gasteiger partial charge on any atom is 0.0849 e. The number of aromatic amines is 1. The lowest BCUT2D eigenvalue weighted by Crippen LogP contribution is -2.04. The first kappa shape index (κ1) is 13.4. The average Bonchev–Trinajstić information content (AvgIpc) is 3.18. The first-order valence-electron chi connectivity index (χ1n) is 8.97. The van der Waals surface area contributed by atoms with Gasteiger partial charge in [0.25, 0.3) is 0 Å². The van der Waals surface area contributed by atoms with Gasteiger partial charge < -0.3 is 4.57 Å². The number of rotatable bonds is 1. The van der Waals surface area contributed by atoms with E-state index in [9.17, 15) is 0 Å². The van der Waals surface area contributed by atoms with Crippen LogP contribution in [0, 0.1) is 0 Å². The third-order valence-corrected chi connectivity index (χ3v) is 6.00. The molecule has 23 heavy (non-hydrogen) atoms. The van der Waals surface area contributed by atoms with E-state index in [-0.39, 0.29) is 0 Å². The third kappa shape index (κ3) is 1.92. The molecule has 2 aromatic heterocycles. The number of nitrogens with one attached hydrogen (secondary N) is 1.